The zero-order chi connectivity index (χ0) is 20.1. The maximum atomic E-state index is 2.84. The highest BCUT2D eigenvalue weighted by Gasteiger charge is 2.57. The molecule has 3 atom stereocenters. The van der Waals surface area contributed by atoms with Crippen LogP contribution in [0.4, 0.5) is 5.69 Å². The summed E-state index contributed by atoms with van der Waals surface area (Å²) in [5.41, 5.74) is 5.00. The van der Waals surface area contributed by atoms with E-state index in [-0.39, 0.29) is 0 Å². The summed E-state index contributed by atoms with van der Waals surface area (Å²) >= 11 is 0. The summed E-state index contributed by atoms with van der Waals surface area (Å²) in [5, 5.41) is 0. The Bertz CT molecular complexity index is 886. The zero-order valence-electron chi connectivity index (χ0n) is 18.3. The van der Waals surface area contributed by atoms with E-state index >= 15 is 0 Å². The molecule has 3 unspecified atom stereocenters. The molecule has 0 N–H and O–H groups in total. The smallest absolute Gasteiger partial charge is 0.0470 e. The average Bonchev–Trinajstić information content (AvgIpc) is 3.49. The number of hydrogen-bond donors (Lipinski definition) is 0. The Balaban J connectivity index is 1.27. The van der Waals surface area contributed by atoms with Crippen molar-refractivity contribution in [2.75, 3.05) is 44.2 Å². The van der Waals surface area contributed by atoms with Crippen molar-refractivity contribution in [2.45, 2.75) is 44.2 Å². The normalized spacial score (nSPS) is 30.7. The lowest BCUT2D eigenvalue weighted by molar-refractivity contribution is 0.0925. The molecule has 30 heavy (non-hydrogen) atoms. The molecule has 1 aliphatic carbocycles. The van der Waals surface area contributed by atoms with Gasteiger partial charge in [-0.1, -0.05) is 49.4 Å². The Hall–Kier alpha value is -1.84. The number of rotatable bonds is 3. The highest BCUT2D eigenvalue weighted by atomic mass is 15.3. The number of aryl methyl sites for hydroxylation is 1. The predicted molar refractivity (Wildman–Crippen MR) is 124 cm³/mol. The molecule has 3 aliphatic heterocycles. The third-order valence-corrected chi connectivity index (χ3v) is 8.88. The molecule has 3 fully saturated rings. The summed E-state index contributed by atoms with van der Waals surface area (Å²) in [6.45, 7) is 9.89. The van der Waals surface area contributed by atoms with Crippen LogP contribution in [-0.4, -0.2) is 54.6 Å². The highest BCUT2D eigenvalue weighted by molar-refractivity contribution is 5.52. The first-order chi connectivity index (χ1) is 14.8. The summed E-state index contributed by atoms with van der Waals surface area (Å²) in [6, 6.07) is 21.1. The first kappa shape index (κ1) is 18.9. The maximum Gasteiger partial charge on any atom is 0.0470 e. The van der Waals surface area contributed by atoms with Crippen LogP contribution in [0.3, 0.4) is 0 Å². The summed E-state index contributed by atoms with van der Waals surface area (Å²) in [7, 11) is 0. The van der Waals surface area contributed by atoms with Gasteiger partial charge in [0.1, 0.15) is 0 Å². The SMILES string of the molecule is CCN1CC2CN(c3ccccc3)C3(CCN(C4CCc5ccccc54)CC3)C2C1. The Labute approximate surface area is 181 Å². The first-order valence-electron chi connectivity index (χ1n) is 12.2. The van der Waals surface area contributed by atoms with E-state index in [2.05, 4.69) is 76.2 Å². The van der Waals surface area contributed by atoms with Crippen LogP contribution in [0, 0.1) is 11.8 Å². The van der Waals surface area contributed by atoms with Crippen LogP contribution < -0.4 is 4.90 Å². The number of hydrogen-bond acceptors (Lipinski definition) is 3. The van der Waals surface area contributed by atoms with Crippen molar-refractivity contribution in [2.24, 2.45) is 11.8 Å². The van der Waals surface area contributed by atoms with E-state index in [1.807, 2.05) is 0 Å². The van der Waals surface area contributed by atoms with E-state index in [0.717, 1.165) is 11.8 Å². The number of nitrogens with zero attached hydrogens (tertiary/aromatic N) is 3. The number of piperidine rings is 1. The predicted octanol–water partition coefficient (Wildman–Crippen LogP) is 4.60. The van der Waals surface area contributed by atoms with Crippen molar-refractivity contribution >= 4 is 5.69 Å². The molecule has 4 aliphatic rings. The molecular weight excluding hydrogens is 366 g/mol. The van der Waals surface area contributed by atoms with E-state index in [1.54, 1.807) is 11.1 Å². The van der Waals surface area contributed by atoms with Gasteiger partial charge in [0.15, 0.2) is 0 Å². The van der Waals surface area contributed by atoms with Crippen LogP contribution in [0.5, 0.6) is 0 Å². The van der Waals surface area contributed by atoms with Crippen LogP contribution in [0.1, 0.15) is 43.4 Å². The van der Waals surface area contributed by atoms with Crippen molar-refractivity contribution in [3.63, 3.8) is 0 Å². The van der Waals surface area contributed by atoms with Gasteiger partial charge >= 0.3 is 0 Å². The molecule has 2 aromatic rings. The van der Waals surface area contributed by atoms with Gasteiger partial charge < -0.3 is 9.80 Å². The van der Waals surface area contributed by atoms with Gasteiger partial charge in [-0.25, -0.2) is 0 Å². The van der Waals surface area contributed by atoms with Gasteiger partial charge in [-0.3, -0.25) is 4.90 Å². The van der Waals surface area contributed by atoms with E-state index in [1.165, 1.54) is 70.6 Å². The van der Waals surface area contributed by atoms with Crippen LogP contribution in [-0.2, 0) is 6.42 Å². The van der Waals surface area contributed by atoms with Crippen LogP contribution >= 0.6 is 0 Å². The molecule has 0 bridgehead atoms. The van der Waals surface area contributed by atoms with Gasteiger partial charge in [-0.05, 0) is 61.4 Å². The Morgan fingerprint density at radius 2 is 1.67 bits per heavy atom. The largest absolute Gasteiger partial charge is 0.365 e. The van der Waals surface area contributed by atoms with E-state index in [4.69, 9.17) is 0 Å². The Morgan fingerprint density at radius 1 is 0.900 bits per heavy atom. The molecule has 0 amide bonds. The van der Waals surface area contributed by atoms with Crippen LogP contribution in [0.2, 0.25) is 0 Å². The summed E-state index contributed by atoms with van der Waals surface area (Å²) in [6.07, 6.45) is 5.21. The second-order valence-corrected chi connectivity index (χ2v) is 10.1. The fourth-order valence-corrected chi connectivity index (χ4v) is 7.38. The second kappa shape index (κ2) is 7.39. The molecule has 0 aromatic heterocycles. The monoisotopic (exact) mass is 401 g/mol. The van der Waals surface area contributed by atoms with Gasteiger partial charge in [0, 0.05) is 55.9 Å². The molecule has 0 saturated carbocycles. The van der Waals surface area contributed by atoms with Crippen molar-refractivity contribution in [3.05, 3.63) is 65.7 Å². The minimum absolute atomic E-state index is 0.352. The van der Waals surface area contributed by atoms with E-state index in [0.29, 0.717) is 11.6 Å². The fourth-order valence-electron chi connectivity index (χ4n) is 7.38. The fraction of sp³-hybridized carbons (Fsp3) is 0.556. The van der Waals surface area contributed by atoms with Gasteiger partial charge in [-0.15, -0.1) is 0 Å². The number of anilines is 1. The lowest BCUT2D eigenvalue weighted by Crippen LogP contribution is -2.57. The summed E-state index contributed by atoms with van der Waals surface area (Å²) in [5.74, 6) is 1.67. The quantitative estimate of drug-likeness (QED) is 0.744. The summed E-state index contributed by atoms with van der Waals surface area (Å²) < 4.78 is 0. The topological polar surface area (TPSA) is 9.72 Å². The molecule has 3 heteroatoms. The van der Waals surface area contributed by atoms with Gasteiger partial charge in [0.25, 0.3) is 0 Å². The van der Waals surface area contributed by atoms with Gasteiger partial charge in [0.05, 0.1) is 0 Å². The molecule has 3 heterocycles. The van der Waals surface area contributed by atoms with Crippen LogP contribution in [0.25, 0.3) is 0 Å². The molecule has 3 nitrogen and oxygen atoms in total. The molecule has 0 radical (unpaired) electrons. The maximum absolute atomic E-state index is 2.84. The van der Waals surface area contributed by atoms with E-state index in [9.17, 15) is 0 Å². The summed E-state index contributed by atoms with van der Waals surface area (Å²) in [4.78, 5) is 8.37. The minimum Gasteiger partial charge on any atom is -0.365 e. The zero-order valence-corrected chi connectivity index (χ0v) is 18.3. The standard InChI is InChI=1S/C27H35N3/c1-2-28-18-22-19-30(23-9-4-3-5-10-23)27(25(22)20-28)14-16-29(17-15-27)26-13-12-21-8-6-7-11-24(21)26/h3-11,22,25-26H,2,12-20H2,1H3. The lowest BCUT2D eigenvalue weighted by Gasteiger charge is -2.50. The average molecular weight is 402 g/mol. The lowest BCUT2D eigenvalue weighted by atomic mass is 9.74. The van der Waals surface area contributed by atoms with Crippen molar-refractivity contribution in [1.82, 2.24) is 9.80 Å². The molecule has 1 spiro atoms. The number of likely N-dealkylation sites (tertiary alicyclic amines) is 2. The molecule has 2 aromatic carbocycles. The minimum atomic E-state index is 0.352. The number of fused-ring (bicyclic) bond motifs is 3. The third-order valence-electron chi connectivity index (χ3n) is 8.88. The second-order valence-electron chi connectivity index (χ2n) is 10.1. The Morgan fingerprint density at radius 3 is 2.47 bits per heavy atom. The number of benzene rings is 2. The highest BCUT2D eigenvalue weighted by Crippen LogP contribution is 2.51. The molecular formula is C27H35N3. The van der Waals surface area contributed by atoms with Gasteiger partial charge in [0.2, 0.25) is 0 Å². The molecule has 6 rings (SSSR count). The third kappa shape index (κ3) is 2.85. The van der Waals surface area contributed by atoms with Gasteiger partial charge in [-0.2, -0.15) is 0 Å². The molecule has 158 valence electrons. The van der Waals surface area contributed by atoms with Crippen molar-refractivity contribution in [3.8, 4) is 0 Å². The Kier molecular flexibility index (Phi) is 4.65. The molecule has 3 saturated heterocycles. The number of para-hydroxylation sites is 1. The van der Waals surface area contributed by atoms with Crippen molar-refractivity contribution in [1.29, 1.82) is 0 Å². The van der Waals surface area contributed by atoms with E-state index < -0.39 is 0 Å². The first-order valence-corrected chi connectivity index (χ1v) is 12.2. The van der Waals surface area contributed by atoms with Crippen molar-refractivity contribution < 1.29 is 0 Å². The van der Waals surface area contributed by atoms with Crippen LogP contribution in [0.15, 0.2) is 54.6 Å².